The van der Waals surface area contributed by atoms with Crippen LogP contribution >= 0.6 is 0 Å². The first-order valence-electron chi connectivity index (χ1n) is 7.26. The monoisotopic (exact) mass is 281 g/mol. The van der Waals surface area contributed by atoms with E-state index in [1.165, 1.54) is 0 Å². The highest BCUT2D eigenvalue weighted by Crippen LogP contribution is 2.40. The van der Waals surface area contributed by atoms with Gasteiger partial charge >= 0.3 is 6.18 Å². The van der Waals surface area contributed by atoms with Crippen LogP contribution in [0.15, 0.2) is 0 Å². The Morgan fingerprint density at radius 2 is 1.95 bits per heavy atom. The lowest BCUT2D eigenvalue weighted by Crippen LogP contribution is -2.44. The van der Waals surface area contributed by atoms with E-state index in [2.05, 4.69) is 5.32 Å². The fourth-order valence-electron chi connectivity index (χ4n) is 2.81. The fourth-order valence-corrected chi connectivity index (χ4v) is 2.81. The summed E-state index contributed by atoms with van der Waals surface area (Å²) in [4.78, 5) is 0. The molecule has 0 aromatic heterocycles. The van der Waals surface area contributed by atoms with Crippen LogP contribution in [-0.2, 0) is 4.74 Å². The molecule has 114 valence electrons. The minimum atomic E-state index is -4.05. The second kappa shape index (κ2) is 7.48. The van der Waals surface area contributed by atoms with Gasteiger partial charge in [-0.3, -0.25) is 0 Å². The van der Waals surface area contributed by atoms with Gasteiger partial charge in [-0.05, 0) is 45.6 Å². The minimum Gasteiger partial charge on any atom is -0.377 e. The van der Waals surface area contributed by atoms with Gasteiger partial charge in [0.15, 0.2) is 0 Å². The molecule has 3 unspecified atom stereocenters. The van der Waals surface area contributed by atoms with Crippen molar-refractivity contribution in [2.24, 2.45) is 11.8 Å². The highest BCUT2D eigenvalue weighted by Gasteiger charge is 2.43. The Morgan fingerprint density at radius 1 is 1.26 bits per heavy atom. The van der Waals surface area contributed by atoms with Crippen LogP contribution in [0, 0.1) is 11.8 Å². The summed E-state index contributed by atoms with van der Waals surface area (Å²) in [7, 11) is 0. The van der Waals surface area contributed by atoms with Crippen molar-refractivity contribution in [3.8, 4) is 0 Å². The maximum Gasteiger partial charge on any atom is 0.391 e. The smallest absolute Gasteiger partial charge is 0.377 e. The van der Waals surface area contributed by atoms with Crippen LogP contribution in [-0.4, -0.2) is 31.5 Å². The molecule has 1 aliphatic rings. The number of nitrogens with one attached hydrogen (secondary N) is 1. The summed E-state index contributed by atoms with van der Waals surface area (Å²) < 4.78 is 44.1. The van der Waals surface area contributed by atoms with Crippen molar-refractivity contribution < 1.29 is 17.9 Å². The molecule has 0 heterocycles. The normalized spacial score (nSPS) is 26.7. The molecule has 0 radical (unpaired) electrons. The molecule has 1 fully saturated rings. The molecule has 0 aromatic carbocycles. The van der Waals surface area contributed by atoms with Gasteiger partial charge in [0.25, 0.3) is 0 Å². The van der Waals surface area contributed by atoms with Crippen molar-refractivity contribution >= 4 is 0 Å². The third kappa shape index (κ3) is 5.69. The van der Waals surface area contributed by atoms with Gasteiger partial charge in [-0.1, -0.05) is 13.3 Å². The average molecular weight is 281 g/mol. The van der Waals surface area contributed by atoms with E-state index in [-0.39, 0.29) is 30.9 Å². The van der Waals surface area contributed by atoms with E-state index in [0.717, 1.165) is 13.0 Å². The van der Waals surface area contributed by atoms with Crippen LogP contribution in [0.5, 0.6) is 0 Å². The van der Waals surface area contributed by atoms with Crippen LogP contribution in [0.2, 0.25) is 0 Å². The molecule has 0 bridgehead atoms. The molecular formula is C14H26F3NO. The lowest BCUT2D eigenvalue weighted by Gasteiger charge is -2.36. The fraction of sp³-hybridized carbons (Fsp3) is 1.00. The van der Waals surface area contributed by atoms with E-state index in [1.807, 2.05) is 20.8 Å². The molecule has 5 heteroatoms. The Labute approximate surface area is 114 Å². The number of alkyl halides is 3. The van der Waals surface area contributed by atoms with E-state index in [9.17, 15) is 13.2 Å². The van der Waals surface area contributed by atoms with Crippen molar-refractivity contribution in [3.05, 3.63) is 0 Å². The Balaban J connectivity index is 2.57. The van der Waals surface area contributed by atoms with E-state index in [0.29, 0.717) is 13.0 Å². The highest BCUT2D eigenvalue weighted by atomic mass is 19.4. The number of hydrogen-bond acceptors (Lipinski definition) is 2. The lowest BCUT2D eigenvalue weighted by atomic mass is 9.77. The van der Waals surface area contributed by atoms with Gasteiger partial charge in [0.05, 0.1) is 18.6 Å². The molecule has 0 spiro atoms. The summed E-state index contributed by atoms with van der Waals surface area (Å²) in [5.41, 5.74) is 0. The molecule has 1 rings (SSSR count). The van der Waals surface area contributed by atoms with Gasteiger partial charge in [0.1, 0.15) is 0 Å². The number of hydrogen-bond donors (Lipinski definition) is 1. The van der Waals surface area contributed by atoms with Crippen LogP contribution in [0.4, 0.5) is 13.2 Å². The zero-order valence-electron chi connectivity index (χ0n) is 12.1. The quantitative estimate of drug-likeness (QED) is 0.800. The Hall–Kier alpha value is -0.290. The second-order valence-corrected chi connectivity index (χ2v) is 5.71. The Bertz CT molecular complexity index is 256. The standard InChI is InChI=1S/C14H26F3NO/c1-4-18-13(9-19-10(2)3)11-6-5-7-12(8-11)14(15,16)17/h10-13,18H,4-9H2,1-3H3. The zero-order valence-corrected chi connectivity index (χ0v) is 12.1. The van der Waals surface area contributed by atoms with Crippen LogP contribution in [0.25, 0.3) is 0 Å². The first-order valence-corrected chi connectivity index (χ1v) is 7.26. The average Bonchev–Trinajstić information content (AvgIpc) is 2.33. The van der Waals surface area contributed by atoms with E-state index in [4.69, 9.17) is 4.74 Å². The molecule has 0 amide bonds. The third-order valence-corrected chi connectivity index (χ3v) is 3.82. The predicted molar refractivity (Wildman–Crippen MR) is 70.1 cm³/mol. The van der Waals surface area contributed by atoms with Gasteiger partial charge in [-0.2, -0.15) is 13.2 Å². The molecule has 0 saturated heterocycles. The van der Waals surface area contributed by atoms with Gasteiger partial charge in [-0.25, -0.2) is 0 Å². The summed E-state index contributed by atoms with van der Waals surface area (Å²) in [6.07, 6.45) is -1.88. The molecule has 19 heavy (non-hydrogen) atoms. The van der Waals surface area contributed by atoms with Gasteiger partial charge < -0.3 is 10.1 Å². The first kappa shape index (κ1) is 16.8. The van der Waals surface area contributed by atoms with Crippen LogP contribution in [0.1, 0.15) is 46.5 Å². The Kier molecular flexibility index (Phi) is 6.60. The van der Waals surface area contributed by atoms with Crippen molar-refractivity contribution in [1.29, 1.82) is 0 Å². The zero-order chi connectivity index (χ0) is 14.5. The number of ether oxygens (including phenoxy) is 1. The molecule has 1 aliphatic carbocycles. The van der Waals surface area contributed by atoms with Crippen molar-refractivity contribution in [3.63, 3.8) is 0 Å². The molecule has 2 nitrogen and oxygen atoms in total. The predicted octanol–water partition coefficient (Wildman–Crippen LogP) is 3.76. The van der Waals surface area contributed by atoms with Gasteiger partial charge in [-0.15, -0.1) is 0 Å². The molecule has 0 aliphatic heterocycles. The summed E-state index contributed by atoms with van der Waals surface area (Å²) in [6.45, 7) is 7.14. The number of halogens is 3. The molecule has 1 saturated carbocycles. The number of likely N-dealkylation sites (N-methyl/N-ethyl adjacent to an activating group) is 1. The van der Waals surface area contributed by atoms with E-state index in [1.54, 1.807) is 0 Å². The largest absolute Gasteiger partial charge is 0.391 e. The van der Waals surface area contributed by atoms with Gasteiger partial charge in [0, 0.05) is 6.04 Å². The summed E-state index contributed by atoms with van der Waals surface area (Å²) >= 11 is 0. The van der Waals surface area contributed by atoms with Crippen LogP contribution < -0.4 is 5.32 Å². The topological polar surface area (TPSA) is 21.3 Å². The summed E-state index contributed by atoms with van der Waals surface area (Å²) in [5, 5.41) is 3.29. The molecule has 3 atom stereocenters. The first-order chi connectivity index (χ1) is 8.84. The minimum absolute atomic E-state index is 0.0394. The Morgan fingerprint density at radius 3 is 2.47 bits per heavy atom. The van der Waals surface area contributed by atoms with Crippen LogP contribution in [0.3, 0.4) is 0 Å². The van der Waals surface area contributed by atoms with Crippen molar-refractivity contribution in [2.45, 2.75) is 64.8 Å². The number of rotatable bonds is 6. The van der Waals surface area contributed by atoms with Crippen molar-refractivity contribution in [1.82, 2.24) is 5.32 Å². The molecule has 1 N–H and O–H groups in total. The summed E-state index contributed by atoms with van der Waals surface area (Å²) in [5.74, 6) is -1.06. The SMILES string of the molecule is CCNC(COC(C)C)C1CCCC(C(F)(F)F)C1. The summed E-state index contributed by atoms with van der Waals surface area (Å²) in [6, 6.07) is 0.0394. The van der Waals surface area contributed by atoms with Crippen molar-refractivity contribution in [2.75, 3.05) is 13.2 Å². The lowest BCUT2D eigenvalue weighted by molar-refractivity contribution is -0.187. The maximum absolute atomic E-state index is 12.8. The molecular weight excluding hydrogens is 255 g/mol. The van der Waals surface area contributed by atoms with E-state index >= 15 is 0 Å². The highest BCUT2D eigenvalue weighted by molar-refractivity contribution is 4.85. The second-order valence-electron chi connectivity index (χ2n) is 5.71. The third-order valence-electron chi connectivity index (χ3n) is 3.82. The van der Waals surface area contributed by atoms with Gasteiger partial charge in [0.2, 0.25) is 0 Å². The maximum atomic E-state index is 12.8. The van der Waals surface area contributed by atoms with E-state index < -0.39 is 12.1 Å². The molecule has 0 aromatic rings.